The second kappa shape index (κ2) is 12.9. The summed E-state index contributed by atoms with van der Waals surface area (Å²) in [4.78, 5) is 34.2. The summed E-state index contributed by atoms with van der Waals surface area (Å²) >= 11 is 0. The molecule has 0 aliphatic carbocycles. The minimum Gasteiger partial charge on any atom is -0.493 e. The summed E-state index contributed by atoms with van der Waals surface area (Å²) in [6.45, 7) is 2.31. The van der Waals surface area contributed by atoms with Crippen molar-refractivity contribution in [3.8, 4) is 17.2 Å². The molecule has 2 atom stereocenters. The zero-order chi connectivity index (χ0) is 27.9. The van der Waals surface area contributed by atoms with Crippen molar-refractivity contribution in [3.63, 3.8) is 0 Å². The van der Waals surface area contributed by atoms with Gasteiger partial charge in [-0.3, -0.25) is 19.5 Å². The molecule has 2 amide bonds. The van der Waals surface area contributed by atoms with Gasteiger partial charge < -0.3 is 24.4 Å². The van der Waals surface area contributed by atoms with Gasteiger partial charge in [-0.25, -0.2) is 0 Å². The number of aryl methyl sites for hydroxylation is 1. The van der Waals surface area contributed by atoms with Crippen LogP contribution in [0.4, 0.5) is 0 Å². The molecule has 5 rings (SSSR count). The van der Waals surface area contributed by atoms with E-state index in [9.17, 15) is 9.59 Å². The maximum atomic E-state index is 13.2. The normalized spacial score (nSPS) is 19.5. The minimum atomic E-state index is -0.299. The molecule has 9 nitrogen and oxygen atoms in total. The van der Waals surface area contributed by atoms with Gasteiger partial charge in [-0.15, -0.1) is 0 Å². The van der Waals surface area contributed by atoms with Crippen LogP contribution >= 0.6 is 0 Å². The van der Waals surface area contributed by atoms with Crippen molar-refractivity contribution < 1.29 is 23.8 Å². The van der Waals surface area contributed by atoms with E-state index >= 15 is 0 Å². The summed E-state index contributed by atoms with van der Waals surface area (Å²) in [5, 5.41) is 3.17. The van der Waals surface area contributed by atoms with Crippen molar-refractivity contribution in [1.82, 2.24) is 20.1 Å². The number of carbonyl (C=O) groups is 2. The Morgan fingerprint density at radius 2 is 1.98 bits per heavy atom. The van der Waals surface area contributed by atoms with Crippen LogP contribution in [0.2, 0.25) is 0 Å². The smallest absolute Gasteiger partial charge is 0.236 e. The van der Waals surface area contributed by atoms with Crippen LogP contribution in [-0.2, 0) is 33.9 Å². The van der Waals surface area contributed by atoms with Crippen molar-refractivity contribution in [3.05, 3.63) is 83.7 Å². The monoisotopic (exact) mass is 544 g/mol. The summed E-state index contributed by atoms with van der Waals surface area (Å²) in [5.74, 6) is 1.88. The molecule has 1 aromatic heterocycles. The van der Waals surface area contributed by atoms with E-state index in [0.717, 1.165) is 16.7 Å². The van der Waals surface area contributed by atoms with Gasteiger partial charge in [0.2, 0.25) is 11.8 Å². The highest BCUT2D eigenvalue weighted by atomic mass is 16.5. The number of benzene rings is 2. The molecule has 3 aromatic rings. The van der Waals surface area contributed by atoms with Crippen LogP contribution < -0.4 is 14.8 Å². The highest BCUT2D eigenvalue weighted by Gasteiger charge is 2.33. The van der Waals surface area contributed by atoms with Crippen LogP contribution in [0.5, 0.6) is 17.2 Å². The van der Waals surface area contributed by atoms with Gasteiger partial charge in [-0.05, 0) is 73.0 Å². The number of carbonyl (C=O) groups excluding carboxylic acids is 2. The molecule has 1 fully saturated rings. The zero-order valence-electron chi connectivity index (χ0n) is 23.0. The average molecular weight is 545 g/mol. The molecule has 2 aliphatic rings. The quantitative estimate of drug-likeness (QED) is 0.525. The van der Waals surface area contributed by atoms with Gasteiger partial charge in [0.05, 0.1) is 32.4 Å². The molecular weight excluding hydrogens is 508 g/mol. The van der Waals surface area contributed by atoms with E-state index in [1.807, 2.05) is 71.4 Å². The fourth-order valence-electron chi connectivity index (χ4n) is 5.20. The van der Waals surface area contributed by atoms with E-state index in [1.165, 1.54) is 0 Å². The molecule has 2 aliphatic heterocycles. The van der Waals surface area contributed by atoms with Gasteiger partial charge in [0, 0.05) is 38.4 Å². The number of amides is 2. The second-order valence-corrected chi connectivity index (χ2v) is 10.4. The molecule has 3 heterocycles. The molecule has 210 valence electrons. The first-order chi connectivity index (χ1) is 19.5. The number of fused-ring (bicyclic) bond motifs is 5. The molecule has 0 spiro atoms. The lowest BCUT2D eigenvalue weighted by molar-refractivity contribution is -0.138. The fraction of sp³-hybridized carbons (Fsp3) is 0.387. The SMILES string of the molecule is COc1ccc2cc1Oc1cccc(c1)CO[C@@H]1CCN(C(=O)CN(C)Cc3ccncc3)C[C@@H]1NC(=O)CC2. The van der Waals surface area contributed by atoms with Crippen molar-refractivity contribution in [2.45, 2.75) is 44.6 Å². The summed E-state index contributed by atoms with van der Waals surface area (Å²) in [7, 11) is 3.54. The first kappa shape index (κ1) is 27.6. The predicted octanol–water partition coefficient (Wildman–Crippen LogP) is 3.56. The Hall–Kier alpha value is -3.95. The van der Waals surface area contributed by atoms with E-state index in [1.54, 1.807) is 19.5 Å². The number of aromatic nitrogens is 1. The zero-order valence-corrected chi connectivity index (χ0v) is 23.0. The maximum Gasteiger partial charge on any atom is 0.236 e. The number of piperidine rings is 1. The summed E-state index contributed by atoms with van der Waals surface area (Å²) < 4.78 is 18.0. The molecule has 4 bridgehead atoms. The predicted molar refractivity (Wildman–Crippen MR) is 150 cm³/mol. The first-order valence-electron chi connectivity index (χ1n) is 13.7. The van der Waals surface area contributed by atoms with Crippen LogP contribution in [0.1, 0.15) is 29.5 Å². The first-order valence-corrected chi connectivity index (χ1v) is 13.7. The Bertz CT molecular complexity index is 1320. The van der Waals surface area contributed by atoms with Gasteiger partial charge in [0.15, 0.2) is 11.5 Å². The molecule has 9 heteroatoms. The number of pyridine rings is 1. The van der Waals surface area contributed by atoms with E-state index in [2.05, 4.69) is 10.3 Å². The number of nitrogens with zero attached hydrogens (tertiary/aromatic N) is 3. The third-order valence-corrected chi connectivity index (χ3v) is 7.31. The number of ether oxygens (including phenoxy) is 3. The third-order valence-electron chi connectivity index (χ3n) is 7.31. The number of rotatable bonds is 5. The van der Waals surface area contributed by atoms with Crippen molar-refractivity contribution in [2.75, 3.05) is 33.8 Å². The van der Waals surface area contributed by atoms with Gasteiger partial charge >= 0.3 is 0 Å². The largest absolute Gasteiger partial charge is 0.493 e. The number of hydrogen-bond donors (Lipinski definition) is 1. The summed E-state index contributed by atoms with van der Waals surface area (Å²) in [6, 6.07) is 17.1. The molecule has 40 heavy (non-hydrogen) atoms. The standard InChI is InChI=1S/C31H36N4O5/c1-34(18-23-10-13-32-14-11-23)20-31(37)35-15-12-27-26(19-35)33-30(36)9-7-22-6-8-28(38-2)29(17-22)40-25-5-3-4-24(16-25)21-39-27/h3-6,8,10-11,13-14,16-17,26-27H,7,9,12,15,18-21H2,1-2H3,(H,33,36)/t26-,27+/m0/s1. The molecule has 1 N–H and O–H groups in total. The number of nitrogens with one attached hydrogen (secondary N) is 1. The Kier molecular flexibility index (Phi) is 8.93. The van der Waals surface area contributed by atoms with Gasteiger partial charge in [0.1, 0.15) is 5.75 Å². The lowest BCUT2D eigenvalue weighted by Gasteiger charge is -2.39. The van der Waals surface area contributed by atoms with Gasteiger partial charge in [0.25, 0.3) is 0 Å². The van der Waals surface area contributed by atoms with E-state index in [-0.39, 0.29) is 24.0 Å². The Morgan fingerprint density at radius 1 is 1.12 bits per heavy atom. The number of methoxy groups -OCH3 is 1. The maximum absolute atomic E-state index is 13.2. The average Bonchev–Trinajstić information content (AvgIpc) is 2.96. The van der Waals surface area contributed by atoms with Crippen LogP contribution in [-0.4, -0.2) is 72.5 Å². The topological polar surface area (TPSA) is 93.2 Å². The van der Waals surface area contributed by atoms with E-state index in [0.29, 0.717) is 69.3 Å². The Balaban J connectivity index is 1.29. The molecular formula is C31H36N4O5. The summed E-state index contributed by atoms with van der Waals surface area (Å²) in [5.41, 5.74) is 3.04. The number of hydrogen-bond acceptors (Lipinski definition) is 7. The highest BCUT2D eigenvalue weighted by molar-refractivity contribution is 5.79. The van der Waals surface area contributed by atoms with Crippen LogP contribution in [0.3, 0.4) is 0 Å². The molecule has 1 saturated heterocycles. The lowest BCUT2D eigenvalue weighted by Crippen LogP contribution is -2.58. The van der Waals surface area contributed by atoms with E-state index < -0.39 is 0 Å². The van der Waals surface area contributed by atoms with Crippen LogP contribution in [0, 0.1) is 0 Å². The highest BCUT2D eigenvalue weighted by Crippen LogP contribution is 2.33. The minimum absolute atomic E-state index is 0.0377. The molecule has 0 unspecified atom stereocenters. The fourth-order valence-corrected chi connectivity index (χ4v) is 5.20. The summed E-state index contributed by atoms with van der Waals surface area (Å²) in [6.07, 6.45) is 4.80. The Morgan fingerprint density at radius 3 is 2.80 bits per heavy atom. The van der Waals surface area contributed by atoms with Crippen molar-refractivity contribution >= 4 is 11.8 Å². The number of likely N-dealkylation sites (tertiary alicyclic amines) is 1. The second-order valence-electron chi connectivity index (χ2n) is 10.4. The van der Waals surface area contributed by atoms with Crippen molar-refractivity contribution in [1.29, 1.82) is 0 Å². The molecule has 0 radical (unpaired) electrons. The van der Waals surface area contributed by atoms with Gasteiger partial charge in [-0.2, -0.15) is 0 Å². The third kappa shape index (κ3) is 7.16. The van der Waals surface area contributed by atoms with Crippen molar-refractivity contribution in [2.24, 2.45) is 0 Å². The lowest BCUT2D eigenvalue weighted by atomic mass is 10.0. The van der Waals surface area contributed by atoms with Gasteiger partial charge in [-0.1, -0.05) is 18.2 Å². The molecule has 2 aromatic carbocycles. The molecule has 0 saturated carbocycles. The Labute approximate surface area is 235 Å². The van der Waals surface area contributed by atoms with Crippen LogP contribution in [0.25, 0.3) is 0 Å². The number of likely N-dealkylation sites (N-methyl/N-ethyl adjacent to an activating group) is 1. The van der Waals surface area contributed by atoms with Crippen LogP contribution in [0.15, 0.2) is 67.0 Å². The van der Waals surface area contributed by atoms with E-state index in [4.69, 9.17) is 14.2 Å².